The zero-order valence-corrected chi connectivity index (χ0v) is 16.8. The monoisotopic (exact) mass is 405 g/mol. The Morgan fingerprint density at radius 3 is 2.60 bits per heavy atom. The molecule has 0 fully saturated rings. The standard InChI is InChI=1S/C23H23N3O4/c1-16(18-12-7-8-13-19(18)26(28)29)30-23(27)21-20-14-6-3-9-15-25(20)22(24-21)17-10-4-2-5-11-17/h2,4-5,7-8,10-13,16H,3,6,9,14-15H2,1H3/t16-/m0/s1. The fourth-order valence-electron chi connectivity index (χ4n) is 3.97. The lowest BCUT2D eigenvalue weighted by atomic mass is 10.1. The Kier molecular flexibility index (Phi) is 5.61. The lowest BCUT2D eigenvalue weighted by Gasteiger charge is -2.13. The first-order valence-corrected chi connectivity index (χ1v) is 10.2. The lowest BCUT2D eigenvalue weighted by Crippen LogP contribution is -2.13. The Hall–Kier alpha value is -3.48. The summed E-state index contributed by atoms with van der Waals surface area (Å²) >= 11 is 0. The third-order valence-corrected chi connectivity index (χ3v) is 5.45. The van der Waals surface area contributed by atoms with Crippen molar-refractivity contribution in [2.24, 2.45) is 0 Å². The first kappa shape index (κ1) is 19.8. The molecule has 7 heteroatoms. The van der Waals surface area contributed by atoms with Gasteiger partial charge in [0, 0.05) is 18.2 Å². The van der Waals surface area contributed by atoms with Crippen LogP contribution in [0.15, 0.2) is 54.6 Å². The van der Waals surface area contributed by atoms with Crippen LogP contribution in [0.25, 0.3) is 11.4 Å². The number of benzene rings is 2. The van der Waals surface area contributed by atoms with Crippen LogP contribution in [-0.2, 0) is 17.7 Å². The molecule has 2 heterocycles. The van der Waals surface area contributed by atoms with Crippen molar-refractivity contribution in [1.29, 1.82) is 0 Å². The van der Waals surface area contributed by atoms with Gasteiger partial charge in [0.1, 0.15) is 11.9 Å². The smallest absolute Gasteiger partial charge is 0.359 e. The average molecular weight is 405 g/mol. The number of hydrogen-bond donors (Lipinski definition) is 0. The summed E-state index contributed by atoms with van der Waals surface area (Å²) in [5.41, 5.74) is 2.44. The highest BCUT2D eigenvalue weighted by Gasteiger charge is 2.28. The van der Waals surface area contributed by atoms with Crippen LogP contribution >= 0.6 is 0 Å². The maximum Gasteiger partial charge on any atom is 0.359 e. The van der Waals surface area contributed by atoms with Crippen LogP contribution < -0.4 is 0 Å². The number of carbonyl (C=O) groups excluding carboxylic acids is 1. The van der Waals surface area contributed by atoms with E-state index in [1.807, 2.05) is 30.3 Å². The Labute approximate surface area is 174 Å². The number of imidazole rings is 1. The van der Waals surface area contributed by atoms with Gasteiger partial charge < -0.3 is 9.30 Å². The number of nitrogens with zero attached hydrogens (tertiary/aromatic N) is 3. The highest BCUT2D eigenvalue weighted by Crippen LogP contribution is 2.31. The van der Waals surface area contributed by atoms with Crippen molar-refractivity contribution < 1.29 is 14.5 Å². The Morgan fingerprint density at radius 1 is 1.10 bits per heavy atom. The van der Waals surface area contributed by atoms with Crippen LogP contribution in [0.2, 0.25) is 0 Å². The number of nitro groups is 1. The third-order valence-electron chi connectivity index (χ3n) is 5.45. The van der Waals surface area contributed by atoms with Gasteiger partial charge in [0.25, 0.3) is 5.69 Å². The van der Waals surface area contributed by atoms with Gasteiger partial charge in [0.15, 0.2) is 5.69 Å². The van der Waals surface area contributed by atoms with E-state index in [9.17, 15) is 14.9 Å². The summed E-state index contributed by atoms with van der Waals surface area (Å²) in [4.78, 5) is 28.6. The number of rotatable bonds is 5. The molecular weight excluding hydrogens is 382 g/mol. The largest absolute Gasteiger partial charge is 0.453 e. The minimum absolute atomic E-state index is 0.0635. The van der Waals surface area contributed by atoms with E-state index in [0.29, 0.717) is 11.3 Å². The molecule has 0 bridgehead atoms. The van der Waals surface area contributed by atoms with Crippen molar-refractivity contribution in [3.8, 4) is 11.4 Å². The number of nitro benzene ring substituents is 1. The minimum Gasteiger partial charge on any atom is -0.453 e. The number of hydrogen-bond acceptors (Lipinski definition) is 5. The summed E-state index contributed by atoms with van der Waals surface area (Å²) in [6.07, 6.45) is 3.10. The van der Waals surface area contributed by atoms with Crippen molar-refractivity contribution >= 4 is 11.7 Å². The molecule has 0 spiro atoms. The lowest BCUT2D eigenvalue weighted by molar-refractivity contribution is -0.386. The molecule has 1 aliphatic rings. The van der Waals surface area contributed by atoms with Crippen molar-refractivity contribution in [2.75, 3.05) is 0 Å². The fraction of sp³-hybridized carbons (Fsp3) is 0.304. The second kappa shape index (κ2) is 8.49. The number of fused-ring (bicyclic) bond motifs is 1. The second-order valence-corrected chi connectivity index (χ2v) is 7.42. The van der Waals surface area contributed by atoms with Gasteiger partial charge in [-0.15, -0.1) is 0 Å². The average Bonchev–Trinajstić information content (AvgIpc) is 2.95. The molecule has 3 aromatic rings. The van der Waals surface area contributed by atoms with Gasteiger partial charge in [-0.05, 0) is 32.3 Å². The van der Waals surface area contributed by atoms with E-state index < -0.39 is 17.0 Å². The summed E-state index contributed by atoms with van der Waals surface area (Å²) in [5.74, 6) is 0.214. The van der Waals surface area contributed by atoms with E-state index in [0.717, 1.165) is 49.3 Å². The quantitative estimate of drug-likeness (QED) is 0.335. The van der Waals surface area contributed by atoms with Gasteiger partial charge in [-0.1, -0.05) is 48.9 Å². The van der Waals surface area contributed by atoms with E-state index >= 15 is 0 Å². The molecule has 1 aromatic heterocycles. The SMILES string of the molecule is C[C@H](OC(=O)c1nc(-c2ccccc2)n2c1CCCCC2)c1ccccc1[N+](=O)[O-]. The molecular formula is C23H23N3O4. The normalized spacial score (nSPS) is 14.4. The molecule has 4 rings (SSSR count). The summed E-state index contributed by atoms with van der Waals surface area (Å²) in [7, 11) is 0. The highest BCUT2D eigenvalue weighted by molar-refractivity contribution is 5.90. The van der Waals surface area contributed by atoms with Gasteiger partial charge in [0.05, 0.1) is 16.2 Å². The fourth-order valence-corrected chi connectivity index (χ4v) is 3.97. The Bertz CT molecular complexity index is 1080. The molecule has 0 N–H and O–H groups in total. The van der Waals surface area contributed by atoms with Crippen LogP contribution in [0, 0.1) is 10.1 Å². The Balaban J connectivity index is 1.68. The molecule has 30 heavy (non-hydrogen) atoms. The van der Waals surface area contributed by atoms with Crippen LogP contribution in [0.3, 0.4) is 0 Å². The number of esters is 1. The maximum absolute atomic E-state index is 13.1. The van der Waals surface area contributed by atoms with Crippen molar-refractivity contribution in [2.45, 2.75) is 45.3 Å². The molecule has 7 nitrogen and oxygen atoms in total. The number of ether oxygens (including phenoxy) is 1. The Morgan fingerprint density at radius 2 is 1.83 bits per heavy atom. The van der Waals surface area contributed by atoms with Gasteiger partial charge >= 0.3 is 5.97 Å². The molecule has 1 aliphatic heterocycles. The van der Waals surface area contributed by atoms with Gasteiger partial charge in [-0.3, -0.25) is 10.1 Å². The predicted molar refractivity (Wildman–Crippen MR) is 112 cm³/mol. The van der Waals surface area contributed by atoms with Gasteiger partial charge in [-0.25, -0.2) is 9.78 Å². The summed E-state index contributed by atoms with van der Waals surface area (Å²) in [6.45, 7) is 2.45. The summed E-state index contributed by atoms with van der Waals surface area (Å²) in [5, 5.41) is 11.3. The first-order chi connectivity index (χ1) is 14.6. The molecule has 154 valence electrons. The van der Waals surface area contributed by atoms with E-state index in [-0.39, 0.29) is 5.69 Å². The molecule has 0 aliphatic carbocycles. The van der Waals surface area contributed by atoms with Gasteiger partial charge in [-0.2, -0.15) is 0 Å². The summed E-state index contributed by atoms with van der Waals surface area (Å²) < 4.78 is 7.77. The number of carbonyl (C=O) groups is 1. The van der Waals surface area contributed by atoms with Crippen molar-refractivity contribution in [3.63, 3.8) is 0 Å². The van der Waals surface area contributed by atoms with E-state index in [2.05, 4.69) is 9.55 Å². The number of para-hydroxylation sites is 1. The van der Waals surface area contributed by atoms with E-state index in [1.165, 1.54) is 6.07 Å². The zero-order valence-electron chi connectivity index (χ0n) is 16.8. The molecule has 0 saturated carbocycles. The molecule has 2 aromatic carbocycles. The third kappa shape index (κ3) is 3.83. The predicted octanol–water partition coefficient (Wildman–Crippen LogP) is 5.10. The van der Waals surface area contributed by atoms with Crippen LogP contribution in [0.5, 0.6) is 0 Å². The minimum atomic E-state index is -0.762. The second-order valence-electron chi connectivity index (χ2n) is 7.42. The molecule has 1 atom stereocenters. The topological polar surface area (TPSA) is 87.3 Å². The van der Waals surface area contributed by atoms with Crippen molar-refractivity contribution in [1.82, 2.24) is 9.55 Å². The zero-order chi connectivity index (χ0) is 21.1. The first-order valence-electron chi connectivity index (χ1n) is 10.2. The van der Waals surface area contributed by atoms with Crippen molar-refractivity contribution in [3.05, 3.63) is 81.7 Å². The van der Waals surface area contributed by atoms with E-state index in [1.54, 1.807) is 25.1 Å². The summed E-state index contributed by atoms with van der Waals surface area (Å²) in [6, 6.07) is 16.1. The van der Waals surface area contributed by atoms with E-state index in [4.69, 9.17) is 4.74 Å². The molecule has 0 saturated heterocycles. The molecule has 0 unspecified atom stereocenters. The van der Waals surface area contributed by atoms with Crippen LogP contribution in [0.4, 0.5) is 5.69 Å². The highest BCUT2D eigenvalue weighted by atomic mass is 16.6. The van der Waals surface area contributed by atoms with Gasteiger partial charge in [0.2, 0.25) is 0 Å². The molecule has 0 radical (unpaired) electrons. The molecule has 0 amide bonds. The number of aromatic nitrogens is 2. The van der Waals surface area contributed by atoms with Crippen LogP contribution in [-0.4, -0.2) is 20.4 Å². The van der Waals surface area contributed by atoms with Crippen LogP contribution in [0.1, 0.15) is 54.0 Å². The maximum atomic E-state index is 13.1.